The molecule has 3 rings (SSSR count). The zero-order valence-electron chi connectivity index (χ0n) is 11.2. The van der Waals surface area contributed by atoms with Crippen molar-refractivity contribution in [3.05, 3.63) is 41.2 Å². The second-order valence-electron chi connectivity index (χ2n) is 4.54. The van der Waals surface area contributed by atoms with Gasteiger partial charge in [0.2, 0.25) is 0 Å². The quantitative estimate of drug-likeness (QED) is 0.573. The summed E-state index contributed by atoms with van der Waals surface area (Å²) in [6.45, 7) is -0.148. The number of carbonyl (C=O) groups is 1. The number of nitrogens with zero attached hydrogens (tertiary/aromatic N) is 1. The molecule has 1 aromatic heterocycles. The molecule has 22 heavy (non-hydrogen) atoms. The van der Waals surface area contributed by atoms with E-state index in [0.29, 0.717) is 17.3 Å². The van der Waals surface area contributed by atoms with Crippen molar-refractivity contribution >= 4 is 23.3 Å². The Morgan fingerprint density at radius 2 is 2.18 bits per heavy atom. The highest BCUT2D eigenvalue weighted by molar-refractivity contribution is 5.87. The van der Waals surface area contributed by atoms with Crippen LogP contribution in [0.1, 0.15) is 15.9 Å². The van der Waals surface area contributed by atoms with Crippen molar-refractivity contribution in [3.63, 3.8) is 0 Å². The van der Waals surface area contributed by atoms with Crippen molar-refractivity contribution in [2.45, 2.75) is 6.61 Å². The number of benzene rings is 1. The van der Waals surface area contributed by atoms with Gasteiger partial charge in [-0.15, -0.1) is 5.53 Å². The van der Waals surface area contributed by atoms with Gasteiger partial charge >= 0.3 is 5.97 Å². The molecule has 0 atom stereocenters. The molecule has 0 fully saturated rings. The van der Waals surface area contributed by atoms with Crippen LogP contribution in [0.4, 0.5) is 21.7 Å². The lowest BCUT2D eigenvalue weighted by molar-refractivity contribution is 0.0696. The van der Waals surface area contributed by atoms with E-state index in [1.54, 1.807) is 0 Å². The predicted octanol–water partition coefficient (Wildman–Crippen LogP) is 1.34. The third-order valence-corrected chi connectivity index (χ3v) is 3.05. The second-order valence-corrected chi connectivity index (χ2v) is 4.54. The number of aromatic nitrogens is 1. The van der Waals surface area contributed by atoms with Crippen molar-refractivity contribution in [1.82, 2.24) is 10.5 Å². The topological polar surface area (TPSA) is 122 Å². The van der Waals surface area contributed by atoms with E-state index in [4.69, 9.17) is 15.6 Å². The number of nitrogens with one attached hydrogen (secondary N) is 3. The number of ether oxygens (including phenoxy) is 1. The minimum absolute atomic E-state index is 0.0130. The number of carboxylic acids is 1. The Labute approximate surface area is 124 Å². The van der Waals surface area contributed by atoms with Gasteiger partial charge in [0.1, 0.15) is 23.9 Å². The van der Waals surface area contributed by atoms with Crippen LogP contribution in [0.2, 0.25) is 0 Å². The van der Waals surface area contributed by atoms with Crippen molar-refractivity contribution in [1.29, 1.82) is 0 Å². The zero-order valence-corrected chi connectivity index (χ0v) is 11.2. The number of pyridine rings is 1. The third-order valence-electron chi connectivity index (χ3n) is 3.05. The standard InChI is InChI=1S/C13H12FN5O3/c14-8-2-1-6(13(20)21)3-7(8)5-22-9-4-10(15)16-12-11(9)17-19-18-12/h1-4,17,19H,5H2,(H,20,21)(H3,15,16,18). The van der Waals surface area contributed by atoms with Crippen LogP contribution in [0, 0.1) is 5.82 Å². The zero-order chi connectivity index (χ0) is 15.7. The molecule has 0 unspecified atom stereocenters. The van der Waals surface area contributed by atoms with Crippen molar-refractivity contribution in [2.24, 2.45) is 0 Å². The molecule has 6 N–H and O–H groups in total. The molecule has 2 aromatic rings. The molecule has 9 heteroatoms. The third kappa shape index (κ3) is 2.56. The fourth-order valence-electron chi connectivity index (χ4n) is 1.99. The van der Waals surface area contributed by atoms with Gasteiger partial charge in [-0.25, -0.2) is 14.2 Å². The predicted molar refractivity (Wildman–Crippen MR) is 76.7 cm³/mol. The number of hydrogen-bond donors (Lipinski definition) is 5. The Morgan fingerprint density at radius 1 is 1.36 bits per heavy atom. The average Bonchev–Trinajstić information content (AvgIpc) is 2.94. The SMILES string of the molecule is Nc1cc(OCc2cc(C(=O)O)ccc2F)c2c(n1)NNN2. The molecule has 0 bridgehead atoms. The van der Waals surface area contributed by atoms with Gasteiger partial charge in [-0.1, -0.05) is 0 Å². The van der Waals surface area contributed by atoms with Gasteiger partial charge in [-0.3, -0.25) is 10.9 Å². The Bertz CT molecular complexity index is 753. The van der Waals surface area contributed by atoms with E-state index in [1.165, 1.54) is 18.2 Å². The smallest absolute Gasteiger partial charge is 0.335 e. The van der Waals surface area contributed by atoms with Crippen LogP contribution < -0.4 is 26.9 Å². The number of halogens is 1. The number of anilines is 3. The van der Waals surface area contributed by atoms with Crippen LogP contribution in [0.3, 0.4) is 0 Å². The summed E-state index contributed by atoms with van der Waals surface area (Å²) in [6, 6.07) is 5.00. The minimum Gasteiger partial charge on any atom is -0.486 e. The number of nitrogens with two attached hydrogens (primary N) is 1. The van der Waals surface area contributed by atoms with Gasteiger partial charge in [-0.05, 0) is 18.2 Å². The van der Waals surface area contributed by atoms with Gasteiger partial charge in [0.25, 0.3) is 0 Å². The largest absolute Gasteiger partial charge is 0.486 e. The Hall–Kier alpha value is -3.07. The fraction of sp³-hybridized carbons (Fsp3) is 0.0769. The van der Waals surface area contributed by atoms with Gasteiger partial charge in [0.05, 0.1) is 5.56 Å². The normalized spacial score (nSPS) is 12.2. The summed E-state index contributed by atoms with van der Waals surface area (Å²) in [6.07, 6.45) is 0. The van der Waals surface area contributed by atoms with E-state index in [2.05, 4.69) is 21.4 Å². The number of nitrogen functional groups attached to an aromatic ring is 1. The van der Waals surface area contributed by atoms with Gasteiger partial charge < -0.3 is 15.6 Å². The summed E-state index contributed by atoms with van der Waals surface area (Å²) in [5, 5.41) is 8.93. The maximum Gasteiger partial charge on any atom is 0.335 e. The highest BCUT2D eigenvalue weighted by Crippen LogP contribution is 2.35. The second kappa shape index (κ2) is 5.37. The molecule has 1 aliphatic heterocycles. The number of rotatable bonds is 4. The molecule has 0 aliphatic carbocycles. The molecule has 2 heterocycles. The lowest BCUT2D eigenvalue weighted by Gasteiger charge is -2.11. The van der Waals surface area contributed by atoms with Crippen LogP contribution in [0.15, 0.2) is 24.3 Å². The van der Waals surface area contributed by atoms with E-state index >= 15 is 0 Å². The van der Waals surface area contributed by atoms with Crippen LogP contribution in [0.5, 0.6) is 5.75 Å². The van der Waals surface area contributed by atoms with E-state index in [1.807, 2.05) is 0 Å². The van der Waals surface area contributed by atoms with Crippen LogP contribution in [-0.4, -0.2) is 16.1 Å². The first-order chi connectivity index (χ1) is 10.5. The monoisotopic (exact) mass is 305 g/mol. The van der Waals surface area contributed by atoms with Crippen molar-refractivity contribution < 1.29 is 19.0 Å². The molecule has 0 radical (unpaired) electrons. The number of hydrogen-bond acceptors (Lipinski definition) is 7. The summed E-state index contributed by atoms with van der Waals surface area (Å²) in [7, 11) is 0. The molecular weight excluding hydrogens is 293 g/mol. The molecule has 1 aromatic carbocycles. The molecule has 0 spiro atoms. The Balaban J connectivity index is 1.84. The molecule has 0 amide bonds. The average molecular weight is 305 g/mol. The van der Waals surface area contributed by atoms with E-state index in [0.717, 1.165) is 6.07 Å². The maximum atomic E-state index is 13.7. The molecular formula is C13H12FN5O3. The summed E-state index contributed by atoms with van der Waals surface area (Å²) < 4.78 is 19.3. The molecule has 0 saturated heterocycles. The van der Waals surface area contributed by atoms with Crippen LogP contribution in [-0.2, 0) is 6.61 Å². The lowest BCUT2D eigenvalue weighted by atomic mass is 10.1. The molecule has 8 nitrogen and oxygen atoms in total. The lowest BCUT2D eigenvalue weighted by Crippen LogP contribution is -2.19. The molecule has 114 valence electrons. The maximum absolute atomic E-state index is 13.7. The van der Waals surface area contributed by atoms with E-state index < -0.39 is 11.8 Å². The highest BCUT2D eigenvalue weighted by atomic mass is 19.1. The first-order valence-corrected chi connectivity index (χ1v) is 6.26. The first-order valence-electron chi connectivity index (χ1n) is 6.26. The molecule has 1 aliphatic rings. The van der Waals surface area contributed by atoms with Crippen LogP contribution in [0.25, 0.3) is 0 Å². The number of aromatic carboxylic acids is 1. The highest BCUT2D eigenvalue weighted by Gasteiger charge is 2.18. The summed E-state index contributed by atoms with van der Waals surface area (Å²) in [5.74, 6) is -0.639. The number of carboxylic acid groups (broad SMARTS) is 1. The minimum atomic E-state index is -1.13. The Morgan fingerprint density at radius 3 is 2.95 bits per heavy atom. The Kier molecular flexibility index (Phi) is 3.39. The van der Waals surface area contributed by atoms with Crippen molar-refractivity contribution in [3.8, 4) is 5.75 Å². The first kappa shape index (κ1) is 13.9. The summed E-state index contributed by atoms with van der Waals surface area (Å²) >= 11 is 0. The number of fused-ring (bicyclic) bond motifs is 1. The van der Waals surface area contributed by atoms with Gasteiger partial charge in [0.15, 0.2) is 11.6 Å². The van der Waals surface area contributed by atoms with Gasteiger partial charge in [-0.2, -0.15) is 0 Å². The van der Waals surface area contributed by atoms with E-state index in [9.17, 15) is 9.18 Å². The van der Waals surface area contributed by atoms with Crippen LogP contribution >= 0.6 is 0 Å². The summed E-state index contributed by atoms with van der Waals surface area (Å²) in [5.41, 5.74) is 14.5. The number of hydrazine groups is 2. The van der Waals surface area contributed by atoms with Gasteiger partial charge in [0, 0.05) is 11.6 Å². The fourth-order valence-corrected chi connectivity index (χ4v) is 1.99. The molecule has 0 saturated carbocycles. The van der Waals surface area contributed by atoms with E-state index in [-0.39, 0.29) is 23.6 Å². The van der Waals surface area contributed by atoms with Crippen molar-refractivity contribution in [2.75, 3.05) is 16.6 Å². The summed E-state index contributed by atoms with van der Waals surface area (Å²) in [4.78, 5) is 15.0.